The van der Waals surface area contributed by atoms with E-state index in [1.54, 1.807) is 6.20 Å². The van der Waals surface area contributed by atoms with E-state index in [1.807, 2.05) is 20.8 Å². The summed E-state index contributed by atoms with van der Waals surface area (Å²) in [6, 6.07) is 0.0329. The fourth-order valence-electron chi connectivity index (χ4n) is 1.32. The highest BCUT2D eigenvalue weighted by atomic mass is 35.5. The van der Waals surface area contributed by atoms with E-state index in [2.05, 4.69) is 10.4 Å². The summed E-state index contributed by atoms with van der Waals surface area (Å²) in [5, 5.41) is 7.26. The molecule has 0 bridgehead atoms. The second kappa shape index (κ2) is 6.02. The summed E-state index contributed by atoms with van der Waals surface area (Å²) < 4.78 is 1.35. The van der Waals surface area contributed by atoms with Crippen molar-refractivity contribution in [2.24, 2.45) is 5.73 Å². The first-order valence-corrected chi connectivity index (χ1v) is 6.11. The maximum atomic E-state index is 11.8. The van der Waals surface area contributed by atoms with Crippen LogP contribution in [-0.2, 0) is 0 Å². The van der Waals surface area contributed by atoms with E-state index in [0.717, 1.165) is 6.42 Å². The molecule has 0 aliphatic rings. The van der Waals surface area contributed by atoms with Crippen molar-refractivity contribution in [2.75, 3.05) is 11.9 Å². The molecule has 1 unspecified atom stereocenters. The zero-order chi connectivity index (χ0) is 13.0. The van der Waals surface area contributed by atoms with Crippen LogP contribution in [-0.4, -0.2) is 22.4 Å². The molecule has 96 valence electrons. The van der Waals surface area contributed by atoms with Gasteiger partial charge in [-0.25, -0.2) is 4.68 Å². The number of halogens is 1. The predicted molar refractivity (Wildman–Crippen MR) is 70.6 cm³/mol. The summed E-state index contributed by atoms with van der Waals surface area (Å²) >= 11 is 5.99. The van der Waals surface area contributed by atoms with Crippen molar-refractivity contribution in [1.29, 1.82) is 0 Å². The van der Waals surface area contributed by atoms with Crippen LogP contribution in [0.15, 0.2) is 11.0 Å². The number of anilines is 1. The monoisotopic (exact) mass is 258 g/mol. The van der Waals surface area contributed by atoms with Crippen LogP contribution in [0, 0.1) is 0 Å². The molecule has 3 N–H and O–H groups in total. The first-order valence-electron chi connectivity index (χ1n) is 5.74. The fourth-order valence-corrected chi connectivity index (χ4v) is 1.52. The lowest BCUT2D eigenvalue weighted by Gasteiger charge is -2.14. The van der Waals surface area contributed by atoms with Gasteiger partial charge < -0.3 is 11.1 Å². The third-order valence-corrected chi connectivity index (χ3v) is 2.88. The summed E-state index contributed by atoms with van der Waals surface area (Å²) in [6.07, 6.45) is 2.42. The highest BCUT2D eigenvalue weighted by Gasteiger charge is 2.11. The lowest BCUT2D eigenvalue weighted by atomic mass is 10.2. The van der Waals surface area contributed by atoms with Crippen molar-refractivity contribution in [3.63, 3.8) is 0 Å². The number of hydrogen-bond donors (Lipinski definition) is 2. The molecule has 1 aromatic heterocycles. The zero-order valence-electron chi connectivity index (χ0n) is 10.4. The molecule has 0 amide bonds. The molecule has 5 nitrogen and oxygen atoms in total. The van der Waals surface area contributed by atoms with Gasteiger partial charge in [-0.1, -0.05) is 18.5 Å². The molecule has 0 aliphatic carbocycles. The summed E-state index contributed by atoms with van der Waals surface area (Å²) in [7, 11) is 0. The van der Waals surface area contributed by atoms with Crippen molar-refractivity contribution in [3.05, 3.63) is 21.6 Å². The van der Waals surface area contributed by atoms with E-state index in [4.69, 9.17) is 17.3 Å². The van der Waals surface area contributed by atoms with Crippen molar-refractivity contribution >= 4 is 17.3 Å². The van der Waals surface area contributed by atoms with Crippen LogP contribution in [0.5, 0.6) is 0 Å². The van der Waals surface area contributed by atoms with Gasteiger partial charge in [0.1, 0.15) is 5.02 Å². The molecule has 0 saturated carbocycles. The molecule has 0 aliphatic heterocycles. The molecule has 0 aromatic carbocycles. The van der Waals surface area contributed by atoms with Gasteiger partial charge in [-0.05, 0) is 20.3 Å². The van der Waals surface area contributed by atoms with Gasteiger partial charge in [0.05, 0.1) is 17.9 Å². The quantitative estimate of drug-likeness (QED) is 0.842. The van der Waals surface area contributed by atoms with E-state index in [0.29, 0.717) is 12.2 Å². The maximum absolute atomic E-state index is 11.8. The summed E-state index contributed by atoms with van der Waals surface area (Å²) in [5.74, 6) is 0. The molecule has 1 atom stereocenters. The lowest BCUT2D eigenvalue weighted by molar-refractivity contribution is 0.503. The minimum atomic E-state index is -0.281. The van der Waals surface area contributed by atoms with Crippen molar-refractivity contribution < 1.29 is 0 Å². The summed E-state index contributed by atoms with van der Waals surface area (Å²) in [5.41, 5.74) is 6.04. The number of rotatable bonds is 5. The van der Waals surface area contributed by atoms with E-state index in [-0.39, 0.29) is 22.7 Å². The van der Waals surface area contributed by atoms with Gasteiger partial charge >= 0.3 is 0 Å². The molecule has 0 spiro atoms. The predicted octanol–water partition coefficient (Wildman–Crippen LogP) is 1.63. The van der Waals surface area contributed by atoms with Crippen molar-refractivity contribution in [3.8, 4) is 0 Å². The van der Waals surface area contributed by atoms with E-state index in [9.17, 15) is 4.79 Å². The normalized spacial score (nSPS) is 12.8. The Kier molecular flexibility index (Phi) is 4.96. The number of nitrogens with one attached hydrogen (secondary N) is 1. The molecule has 1 heterocycles. The molecule has 1 aromatic rings. The molecule has 6 heteroatoms. The largest absolute Gasteiger partial charge is 0.381 e. The smallest absolute Gasteiger partial charge is 0.287 e. The standard InChI is InChI=1S/C11H19ClN4O/c1-4-8(13)5-14-9-6-15-16(7(2)3)11(17)10(9)12/h6-8,14H,4-5,13H2,1-3H3. The van der Waals surface area contributed by atoms with Gasteiger partial charge in [0.15, 0.2) is 0 Å². The Bertz CT molecular complexity index is 430. The molecule has 1 rings (SSSR count). The second-order valence-electron chi connectivity index (χ2n) is 4.26. The minimum absolute atomic E-state index is 0.00745. The molecule has 17 heavy (non-hydrogen) atoms. The Hall–Kier alpha value is -1.07. The zero-order valence-corrected chi connectivity index (χ0v) is 11.2. The Morgan fingerprint density at radius 3 is 2.76 bits per heavy atom. The van der Waals surface area contributed by atoms with Crippen LogP contribution in [0.3, 0.4) is 0 Å². The van der Waals surface area contributed by atoms with Crippen LogP contribution >= 0.6 is 11.6 Å². The number of hydrogen-bond acceptors (Lipinski definition) is 4. The van der Waals surface area contributed by atoms with Crippen LogP contribution < -0.4 is 16.6 Å². The Morgan fingerprint density at radius 1 is 1.59 bits per heavy atom. The van der Waals surface area contributed by atoms with Crippen molar-refractivity contribution in [1.82, 2.24) is 9.78 Å². The van der Waals surface area contributed by atoms with Gasteiger partial charge in [0.2, 0.25) is 0 Å². The second-order valence-corrected chi connectivity index (χ2v) is 4.64. The molecule has 0 fully saturated rings. The Balaban J connectivity index is 2.90. The van der Waals surface area contributed by atoms with Crippen molar-refractivity contribution in [2.45, 2.75) is 39.3 Å². The third-order valence-electron chi connectivity index (χ3n) is 2.51. The number of nitrogens with zero attached hydrogens (tertiary/aromatic N) is 2. The average molecular weight is 259 g/mol. The molecule has 0 radical (unpaired) electrons. The Labute approximate surface area is 106 Å². The number of nitrogens with two attached hydrogens (primary N) is 1. The van der Waals surface area contributed by atoms with Gasteiger partial charge in [-0.2, -0.15) is 5.10 Å². The van der Waals surface area contributed by atoms with Gasteiger partial charge in [0.25, 0.3) is 5.56 Å². The summed E-state index contributed by atoms with van der Waals surface area (Å²) in [4.78, 5) is 11.8. The average Bonchev–Trinajstić information content (AvgIpc) is 2.30. The van der Waals surface area contributed by atoms with Crippen LogP contribution in [0.25, 0.3) is 0 Å². The summed E-state index contributed by atoms with van der Waals surface area (Å²) in [6.45, 7) is 6.33. The first-order chi connectivity index (χ1) is 7.97. The van der Waals surface area contributed by atoms with E-state index in [1.165, 1.54) is 4.68 Å². The minimum Gasteiger partial charge on any atom is -0.381 e. The highest BCUT2D eigenvalue weighted by molar-refractivity contribution is 6.32. The fraction of sp³-hybridized carbons (Fsp3) is 0.636. The van der Waals surface area contributed by atoms with Gasteiger partial charge in [0, 0.05) is 12.6 Å². The SMILES string of the molecule is CCC(N)CNc1cnn(C(C)C)c(=O)c1Cl. The Morgan fingerprint density at radius 2 is 2.24 bits per heavy atom. The highest BCUT2D eigenvalue weighted by Crippen LogP contribution is 2.16. The van der Waals surface area contributed by atoms with Gasteiger partial charge in [-0.3, -0.25) is 4.79 Å². The maximum Gasteiger partial charge on any atom is 0.287 e. The van der Waals surface area contributed by atoms with Crippen LogP contribution in [0.1, 0.15) is 33.2 Å². The number of aromatic nitrogens is 2. The first kappa shape index (κ1) is 14.0. The molecular weight excluding hydrogens is 240 g/mol. The third kappa shape index (κ3) is 3.44. The topological polar surface area (TPSA) is 72.9 Å². The lowest BCUT2D eigenvalue weighted by Crippen LogP contribution is -2.30. The van der Waals surface area contributed by atoms with Crippen LogP contribution in [0.2, 0.25) is 5.02 Å². The van der Waals surface area contributed by atoms with Gasteiger partial charge in [-0.15, -0.1) is 0 Å². The van der Waals surface area contributed by atoms with E-state index >= 15 is 0 Å². The molecular formula is C11H19ClN4O. The molecule has 0 saturated heterocycles. The van der Waals surface area contributed by atoms with Crippen LogP contribution in [0.4, 0.5) is 5.69 Å². The van der Waals surface area contributed by atoms with E-state index < -0.39 is 0 Å².